The molecule has 92 valence electrons. The van der Waals surface area contributed by atoms with Crippen LogP contribution in [0.5, 0.6) is 0 Å². The van der Waals surface area contributed by atoms with E-state index in [2.05, 4.69) is 27.7 Å². The fraction of sp³-hybridized carbons (Fsp3) is 1.00. The van der Waals surface area contributed by atoms with Crippen molar-refractivity contribution in [2.24, 2.45) is 28.6 Å². The van der Waals surface area contributed by atoms with Crippen molar-refractivity contribution in [3.63, 3.8) is 0 Å². The van der Waals surface area contributed by atoms with E-state index in [0.29, 0.717) is 11.3 Å². The largest absolute Gasteiger partial charge is 0.389 e. The van der Waals surface area contributed by atoms with E-state index in [1.165, 1.54) is 32.1 Å². The van der Waals surface area contributed by atoms with Crippen molar-refractivity contribution in [3.05, 3.63) is 0 Å². The molecule has 0 aromatic rings. The minimum Gasteiger partial charge on any atom is -0.389 e. The molecule has 0 amide bonds. The molecule has 0 aliphatic heterocycles. The van der Waals surface area contributed by atoms with E-state index in [9.17, 15) is 5.11 Å². The molecule has 1 heteroatoms. The van der Waals surface area contributed by atoms with Crippen LogP contribution in [0.3, 0.4) is 0 Å². The Labute approximate surface area is 99.6 Å². The maximum absolute atomic E-state index is 11.1. The first kappa shape index (κ1) is 11.1. The van der Waals surface area contributed by atoms with Crippen molar-refractivity contribution in [1.82, 2.24) is 0 Å². The molecule has 3 rings (SSSR count). The van der Waals surface area contributed by atoms with Crippen molar-refractivity contribution in [3.8, 4) is 0 Å². The molecule has 0 aromatic carbocycles. The van der Waals surface area contributed by atoms with Crippen LogP contribution in [0.25, 0.3) is 0 Å². The highest BCUT2D eigenvalue weighted by Gasteiger charge is 2.73. The number of hydrogen-bond donors (Lipinski definition) is 1. The maximum atomic E-state index is 11.1. The molecule has 6 atom stereocenters. The molecule has 0 bridgehead atoms. The summed E-state index contributed by atoms with van der Waals surface area (Å²) in [5, 5.41) is 11.1. The van der Waals surface area contributed by atoms with Crippen LogP contribution in [0.1, 0.15) is 59.8 Å². The minimum atomic E-state index is -0.423. The summed E-state index contributed by atoms with van der Waals surface area (Å²) in [6.45, 7) is 9.27. The summed E-state index contributed by atoms with van der Waals surface area (Å²) in [5.41, 5.74) is 0.248. The molecule has 3 aliphatic carbocycles. The third kappa shape index (κ3) is 0.903. The molecule has 0 heterocycles. The van der Waals surface area contributed by atoms with Gasteiger partial charge in [-0.1, -0.05) is 20.8 Å². The van der Waals surface area contributed by atoms with Crippen molar-refractivity contribution in [1.29, 1.82) is 0 Å². The Kier molecular flexibility index (Phi) is 1.98. The van der Waals surface area contributed by atoms with Crippen LogP contribution in [-0.2, 0) is 0 Å². The van der Waals surface area contributed by atoms with Crippen molar-refractivity contribution in [2.45, 2.75) is 65.4 Å². The predicted octanol–water partition coefficient (Wildman–Crippen LogP) is 3.61. The van der Waals surface area contributed by atoms with Crippen LogP contribution in [0.4, 0.5) is 0 Å². The number of rotatable bonds is 0. The van der Waals surface area contributed by atoms with Crippen molar-refractivity contribution in [2.75, 3.05) is 0 Å². The lowest BCUT2D eigenvalue weighted by molar-refractivity contribution is -0.112. The van der Waals surface area contributed by atoms with Gasteiger partial charge in [-0.2, -0.15) is 0 Å². The Morgan fingerprint density at radius 1 is 1.06 bits per heavy atom. The van der Waals surface area contributed by atoms with Gasteiger partial charge in [0.25, 0.3) is 0 Å². The minimum absolute atomic E-state index is 0.249. The van der Waals surface area contributed by atoms with Gasteiger partial charge >= 0.3 is 0 Å². The summed E-state index contributed by atoms with van der Waals surface area (Å²) in [6.07, 6.45) is 6.56. The zero-order valence-corrected chi connectivity index (χ0v) is 11.2. The summed E-state index contributed by atoms with van der Waals surface area (Å²) in [6, 6.07) is 0. The Bertz CT molecular complexity index is 315. The second-order valence-electron chi connectivity index (χ2n) is 7.45. The van der Waals surface area contributed by atoms with Gasteiger partial charge in [-0.05, 0) is 62.2 Å². The van der Waals surface area contributed by atoms with Gasteiger partial charge in [-0.25, -0.2) is 0 Å². The third-order valence-electron chi connectivity index (χ3n) is 7.02. The molecular weight excluding hydrogens is 196 g/mol. The third-order valence-corrected chi connectivity index (χ3v) is 7.02. The summed E-state index contributed by atoms with van der Waals surface area (Å²) < 4.78 is 0. The summed E-state index contributed by atoms with van der Waals surface area (Å²) in [7, 11) is 0. The Hall–Kier alpha value is -0.0400. The smallest absolute Gasteiger partial charge is 0.0709 e. The first-order valence-electron chi connectivity index (χ1n) is 7.07. The highest BCUT2D eigenvalue weighted by molar-refractivity contribution is 5.22. The van der Waals surface area contributed by atoms with Gasteiger partial charge in [0.2, 0.25) is 0 Å². The summed E-state index contributed by atoms with van der Waals surface area (Å²) in [5.74, 6) is 2.10. The molecule has 3 saturated carbocycles. The molecule has 16 heavy (non-hydrogen) atoms. The van der Waals surface area contributed by atoms with E-state index in [-0.39, 0.29) is 5.41 Å². The van der Waals surface area contributed by atoms with Gasteiger partial charge in [0.1, 0.15) is 0 Å². The predicted molar refractivity (Wildman–Crippen MR) is 66.1 cm³/mol. The van der Waals surface area contributed by atoms with E-state index in [0.717, 1.165) is 11.8 Å². The Morgan fingerprint density at radius 3 is 2.44 bits per heavy atom. The average Bonchev–Trinajstić information content (AvgIpc) is 2.71. The zero-order valence-electron chi connectivity index (χ0n) is 11.2. The van der Waals surface area contributed by atoms with Crippen molar-refractivity contribution < 1.29 is 5.11 Å². The Morgan fingerprint density at radius 2 is 1.75 bits per heavy atom. The van der Waals surface area contributed by atoms with Crippen LogP contribution in [0, 0.1) is 28.6 Å². The van der Waals surface area contributed by atoms with E-state index in [1.54, 1.807) is 0 Å². The molecular formula is C15H26O. The fourth-order valence-electron chi connectivity index (χ4n) is 6.14. The molecule has 3 fully saturated rings. The van der Waals surface area contributed by atoms with Gasteiger partial charge in [0, 0.05) is 5.41 Å². The van der Waals surface area contributed by atoms with E-state index < -0.39 is 5.60 Å². The van der Waals surface area contributed by atoms with Crippen molar-refractivity contribution >= 4 is 0 Å². The summed E-state index contributed by atoms with van der Waals surface area (Å²) in [4.78, 5) is 0. The zero-order chi connectivity index (χ0) is 11.8. The standard InChI is InChI=1S/C15H26O/c1-10-5-8-15-12(10)6-7-13(15,3)9-11(2)14(15,4)16/h10-12,16H,5-9H2,1-4H3/t10-,11?,12+,13+,14+,15?/m1/s1. The van der Waals surface area contributed by atoms with E-state index in [4.69, 9.17) is 0 Å². The van der Waals surface area contributed by atoms with Gasteiger partial charge in [0.15, 0.2) is 0 Å². The quantitative estimate of drug-likeness (QED) is 0.664. The normalized spacial score (nSPS) is 64.7. The second-order valence-corrected chi connectivity index (χ2v) is 7.45. The first-order chi connectivity index (χ1) is 7.35. The number of hydrogen-bond acceptors (Lipinski definition) is 1. The van der Waals surface area contributed by atoms with Crippen LogP contribution in [-0.4, -0.2) is 10.7 Å². The maximum Gasteiger partial charge on any atom is 0.0709 e. The van der Waals surface area contributed by atoms with Gasteiger partial charge in [-0.15, -0.1) is 0 Å². The first-order valence-corrected chi connectivity index (χ1v) is 7.07. The molecule has 0 aromatic heterocycles. The van der Waals surface area contributed by atoms with Gasteiger partial charge in [-0.3, -0.25) is 0 Å². The van der Waals surface area contributed by atoms with E-state index >= 15 is 0 Å². The monoisotopic (exact) mass is 222 g/mol. The highest BCUT2D eigenvalue weighted by Crippen LogP contribution is 2.76. The lowest BCUT2D eigenvalue weighted by Crippen LogP contribution is -2.50. The average molecular weight is 222 g/mol. The van der Waals surface area contributed by atoms with Crippen LogP contribution in [0.15, 0.2) is 0 Å². The van der Waals surface area contributed by atoms with Crippen LogP contribution < -0.4 is 0 Å². The Balaban J connectivity index is 2.14. The van der Waals surface area contributed by atoms with Gasteiger partial charge in [0.05, 0.1) is 5.60 Å². The van der Waals surface area contributed by atoms with Crippen LogP contribution >= 0.6 is 0 Å². The lowest BCUT2D eigenvalue weighted by atomic mass is 9.60. The van der Waals surface area contributed by atoms with Gasteiger partial charge < -0.3 is 5.11 Å². The second kappa shape index (κ2) is 2.85. The molecule has 2 unspecified atom stereocenters. The molecule has 3 aliphatic rings. The SMILES string of the molecule is CC1C[C@]2(C)CC[C@H]3[C@H](C)CCC32[C@@]1(C)O. The fourth-order valence-corrected chi connectivity index (χ4v) is 6.14. The lowest BCUT2D eigenvalue weighted by Gasteiger charge is -2.47. The topological polar surface area (TPSA) is 20.2 Å². The highest BCUT2D eigenvalue weighted by atomic mass is 16.3. The van der Waals surface area contributed by atoms with Crippen LogP contribution in [0.2, 0.25) is 0 Å². The summed E-state index contributed by atoms with van der Waals surface area (Å²) >= 11 is 0. The number of aliphatic hydroxyl groups is 1. The molecule has 0 saturated heterocycles. The van der Waals surface area contributed by atoms with E-state index in [1.807, 2.05) is 0 Å². The molecule has 0 radical (unpaired) electrons. The molecule has 1 spiro atoms. The molecule has 1 N–H and O–H groups in total. The molecule has 1 nitrogen and oxygen atoms in total.